The number of ketones is 1. The zero-order chi connectivity index (χ0) is 19.6. The van der Waals surface area contributed by atoms with Gasteiger partial charge >= 0.3 is 6.18 Å². The first-order chi connectivity index (χ1) is 12.8. The highest BCUT2D eigenvalue weighted by atomic mass is 35.5. The molecule has 0 N–H and O–H groups in total. The van der Waals surface area contributed by atoms with E-state index in [1.165, 1.54) is 24.8 Å². The maximum Gasteiger partial charge on any atom is 0.417 e. The van der Waals surface area contributed by atoms with Crippen molar-refractivity contribution in [3.63, 3.8) is 0 Å². The molecule has 0 amide bonds. The average molecular weight is 398 g/mol. The number of hydrogen-bond acceptors (Lipinski definition) is 2. The van der Waals surface area contributed by atoms with Gasteiger partial charge < -0.3 is 4.57 Å². The van der Waals surface area contributed by atoms with Crippen molar-refractivity contribution in [1.82, 2.24) is 4.57 Å². The van der Waals surface area contributed by atoms with Crippen molar-refractivity contribution < 1.29 is 18.0 Å². The summed E-state index contributed by atoms with van der Waals surface area (Å²) < 4.78 is 39.4. The molecule has 1 aliphatic carbocycles. The van der Waals surface area contributed by atoms with Crippen molar-refractivity contribution in [2.45, 2.75) is 50.7 Å². The molecule has 0 unspecified atom stereocenters. The molecule has 144 valence electrons. The van der Waals surface area contributed by atoms with E-state index < -0.39 is 34.6 Å². The van der Waals surface area contributed by atoms with Crippen molar-refractivity contribution in [1.29, 1.82) is 0 Å². The Morgan fingerprint density at radius 3 is 2.33 bits per heavy atom. The monoisotopic (exact) mass is 397 g/mol. The molecule has 0 bridgehead atoms. The average Bonchev–Trinajstić information content (AvgIpc) is 2.65. The second-order valence-corrected chi connectivity index (χ2v) is 7.29. The number of carbonyl (C=O) groups excluding carboxylic acids is 1. The molecule has 1 aliphatic rings. The van der Waals surface area contributed by atoms with Crippen molar-refractivity contribution in [2.24, 2.45) is 0 Å². The summed E-state index contributed by atoms with van der Waals surface area (Å²) in [4.78, 5) is 24.4. The number of halogens is 4. The molecule has 7 heteroatoms. The predicted octanol–water partition coefficient (Wildman–Crippen LogP) is 5.45. The molecule has 1 aromatic heterocycles. The van der Waals surface area contributed by atoms with Crippen molar-refractivity contribution in [3.05, 3.63) is 68.6 Å². The van der Waals surface area contributed by atoms with E-state index in [9.17, 15) is 22.8 Å². The second kappa shape index (κ2) is 7.89. The molecule has 1 saturated carbocycles. The van der Waals surface area contributed by atoms with Crippen molar-refractivity contribution in [2.75, 3.05) is 0 Å². The molecular formula is C20H19ClF3NO2. The molecule has 0 aliphatic heterocycles. The van der Waals surface area contributed by atoms with Crippen LogP contribution in [0.15, 0.2) is 41.3 Å². The third-order valence-electron chi connectivity index (χ3n) is 4.99. The van der Waals surface area contributed by atoms with Gasteiger partial charge in [-0.25, -0.2) is 0 Å². The molecule has 27 heavy (non-hydrogen) atoms. The number of carbonyl (C=O) groups is 1. The molecule has 3 nitrogen and oxygen atoms in total. The molecule has 0 spiro atoms. The summed E-state index contributed by atoms with van der Waals surface area (Å²) in [5, 5.41) is -0.565. The minimum Gasteiger partial charge on any atom is -0.306 e. The minimum atomic E-state index is -4.65. The fourth-order valence-electron chi connectivity index (χ4n) is 3.49. The summed E-state index contributed by atoms with van der Waals surface area (Å²) in [7, 11) is 0. The van der Waals surface area contributed by atoms with Crippen molar-refractivity contribution >= 4 is 17.4 Å². The third-order valence-corrected chi connectivity index (χ3v) is 5.26. The SMILES string of the molecule is O=C(Cn1cc(C(F)(F)F)cc(Cl)c1=O)c1ccc(C2CCCCC2)cc1. The van der Waals surface area contributed by atoms with Crippen LogP contribution in [0.2, 0.25) is 5.02 Å². The van der Waals surface area contributed by atoms with Crippen LogP contribution in [0, 0.1) is 0 Å². The maximum absolute atomic E-state index is 12.9. The number of Topliss-reactive ketones (excluding diaryl/α,β-unsaturated/α-hetero) is 1. The Morgan fingerprint density at radius 2 is 1.74 bits per heavy atom. The van der Waals surface area contributed by atoms with Gasteiger partial charge in [0.1, 0.15) is 5.02 Å². The van der Waals surface area contributed by atoms with E-state index in [4.69, 9.17) is 11.6 Å². The standard InChI is InChI=1S/C20H19ClF3NO2/c21-17-10-16(20(22,23)24)11-25(19(17)27)12-18(26)15-8-6-14(7-9-15)13-4-2-1-3-5-13/h6-11,13H,1-5,12H2. The van der Waals surface area contributed by atoms with Gasteiger partial charge in [-0.15, -0.1) is 0 Å². The fourth-order valence-corrected chi connectivity index (χ4v) is 3.72. The summed E-state index contributed by atoms with van der Waals surface area (Å²) in [5.74, 6) is 0.0514. The quantitative estimate of drug-likeness (QED) is 0.643. The van der Waals surface area contributed by atoms with Gasteiger partial charge in [0.2, 0.25) is 0 Å². The Hall–Kier alpha value is -2.08. The van der Waals surface area contributed by atoms with Crippen LogP contribution in [0.25, 0.3) is 0 Å². The first kappa shape index (κ1) is 19.7. The van der Waals surface area contributed by atoms with Crippen LogP contribution >= 0.6 is 11.6 Å². The summed E-state index contributed by atoms with van der Waals surface area (Å²) in [5.41, 5.74) is -0.357. The van der Waals surface area contributed by atoms with E-state index in [1.54, 1.807) is 12.1 Å². The smallest absolute Gasteiger partial charge is 0.306 e. The van der Waals surface area contributed by atoms with E-state index >= 15 is 0 Å². The van der Waals surface area contributed by atoms with E-state index in [2.05, 4.69) is 0 Å². The summed E-state index contributed by atoms with van der Waals surface area (Å²) in [6.45, 7) is -0.495. The van der Waals surface area contributed by atoms with Gasteiger partial charge in [0.15, 0.2) is 5.78 Å². The Kier molecular flexibility index (Phi) is 5.75. The van der Waals surface area contributed by atoms with Crippen LogP contribution in [0.1, 0.15) is 59.5 Å². The van der Waals surface area contributed by atoms with E-state index in [1.807, 2.05) is 12.1 Å². The largest absolute Gasteiger partial charge is 0.417 e. The number of hydrogen-bond donors (Lipinski definition) is 0. The molecule has 1 heterocycles. The number of pyridine rings is 1. The lowest BCUT2D eigenvalue weighted by molar-refractivity contribution is -0.138. The number of aromatic nitrogens is 1. The number of benzene rings is 1. The van der Waals surface area contributed by atoms with Crippen LogP contribution in [-0.2, 0) is 12.7 Å². The molecule has 0 saturated heterocycles. The van der Waals surface area contributed by atoms with Crippen molar-refractivity contribution in [3.8, 4) is 0 Å². The van der Waals surface area contributed by atoms with Crippen LogP contribution in [0.3, 0.4) is 0 Å². The third kappa shape index (κ3) is 4.61. The Bertz CT molecular complexity index is 882. The highest BCUT2D eigenvalue weighted by Crippen LogP contribution is 2.33. The summed E-state index contributed by atoms with van der Waals surface area (Å²) in [6, 6.07) is 7.71. The molecular weight excluding hydrogens is 379 g/mol. The lowest BCUT2D eigenvalue weighted by Crippen LogP contribution is -2.26. The fraction of sp³-hybridized carbons (Fsp3) is 0.400. The lowest BCUT2D eigenvalue weighted by atomic mass is 9.84. The first-order valence-corrected chi connectivity index (χ1v) is 9.24. The number of nitrogens with zero attached hydrogens (tertiary/aromatic N) is 1. The molecule has 3 rings (SSSR count). The van der Waals surface area contributed by atoms with E-state index in [0.717, 1.165) is 12.8 Å². The predicted molar refractivity (Wildman–Crippen MR) is 97.3 cm³/mol. The molecule has 1 fully saturated rings. The summed E-state index contributed by atoms with van der Waals surface area (Å²) in [6.07, 6.45) is 1.89. The Morgan fingerprint density at radius 1 is 1.11 bits per heavy atom. The Balaban J connectivity index is 1.79. The van der Waals surface area contributed by atoms with E-state index in [0.29, 0.717) is 28.3 Å². The first-order valence-electron chi connectivity index (χ1n) is 8.86. The Labute approximate surface area is 159 Å². The van der Waals surface area contributed by atoms with Crippen LogP contribution in [-0.4, -0.2) is 10.4 Å². The maximum atomic E-state index is 12.9. The zero-order valence-electron chi connectivity index (χ0n) is 14.6. The van der Waals surface area contributed by atoms with Crippen LogP contribution < -0.4 is 5.56 Å². The molecule has 0 radical (unpaired) electrons. The van der Waals surface area contributed by atoms with Crippen LogP contribution in [0.4, 0.5) is 13.2 Å². The number of rotatable bonds is 4. The minimum absolute atomic E-state index is 0.356. The van der Waals surface area contributed by atoms with Gasteiger partial charge in [-0.2, -0.15) is 13.2 Å². The van der Waals surface area contributed by atoms with Gasteiger partial charge in [-0.05, 0) is 30.4 Å². The topological polar surface area (TPSA) is 39.1 Å². The molecule has 1 aromatic carbocycles. The van der Waals surface area contributed by atoms with Gasteiger partial charge in [-0.3, -0.25) is 9.59 Å². The second-order valence-electron chi connectivity index (χ2n) is 6.89. The molecule has 0 atom stereocenters. The molecule has 2 aromatic rings. The zero-order valence-corrected chi connectivity index (χ0v) is 15.3. The van der Waals surface area contributed by atoms with Gasteiger partial charge in [0, 0.05) is 11.8 Å². The van der Waals surface area contributed by atoms with E-state index in [-0.39, 0.29) is 0 Å². The highest BCUT2D eigenvalue weighted by molar-refractivity contribution is 6.30. The number of alkyl halides is 3. The summed E-state index contributed by atoms with van der Waals surface area (Å²) >= 11 is 5.62. The van der Waals surface area contributed by atoms with Gasteiger partial charge in [0.25, 0.3) is 5.56 Å². The highest BCUT2D eigenvalue weighted by Gasteiger charge is 2.32. The lowest BCUT2D eigenvalue weighted by Gasteiger charge is -2.22. The van der Waals surface area contributed by atoms with Gasteiger partial charge in [-0.1, -0.05) is 55.1 Å². The normalized spacial score (nSPS) is 15.7. The van der Waals surface area contributed by atoms with Gasteiger partial charge in [0.05, 0.1) is 12.1 Å². The van der Waals surface area contributed by atoms with Crippen LogP contribution in [0.5, 0.6) is 0 Å².